The fraction of sp³-hybridized carbons (Fsp3) is 0.458. The highest BCUT2D eigenvalue weighted by molar-refractivity contribution is 14.0. The smallest absolute Gasteiger partial charge is 0.191 e. The number of nitrogens with one attached hydrogen (secondary N) is 2. The first-order valence-electron chi connectivity index (χ1n) is 10.6. The Morgan fingerprint density at radius 1 is 1.03 bits per heavy atom. The van der Waals surface area contributed by atoms with E-state index in [-0.39, 0.29) is 29.9 Å². The molecule has 0 saturated carbocycles. The topological polar surface area (TPSA) is 84.3 Å². The van der Waals surface area contributed by atoms with E-state index in [1.54, 1.807) is 32.4 Å². The largest absolute Gasteiger partial charge is 0.497 e. The monoisotopic (exact) mass is 557 g/mol. The van der Waals surface area contributed by atoms with E-state index < -0.39 is 6.10 Å². The minimum absolute atomic E-state index is 0. The van der Waals surface area contributed by atoms with E-state index in [1.807, 2.05) is 25.1 Å². The van der Waals surface area contributed by atoms with Crippen LogP contribution in [0.2, 0.25) is 0 Å². The summed E-state index contributed by atoms with van der Waals surface area (Å²) in [6.45, 7) is 7.00. The average Bonchev–Trinajstić information content (AvgIpc) is 2.80. The van der Waals surface area contributed by atoms with Crippen molar-refractivity contribution in [2.24, 2.45) is 10.9 Å². The van der Waals surface area contributed by atoms with E-state index >= 15 is 0 Å². The maximum atomic E-state index is 10.6. The van der Waals surface area contributed by atoms with Crippen LogP contribution < -0.4 is 20.1 Å². The third-order valence-corrected chi connectivity index (χ3v) is 4.64. The first-order valence-corrected chi connectivity index (χ1v) is 10.6. The van der Waals surface area contributed by atoms with Crippen molar-refractivity contribution in [1.29, 1.82) is 0 Å². The molecule has 0 aromatic heterocycles. The zero-order valence-corrected chi connectivity index (χ0v) is 21.7. The molecule has 0 aliphatic heterocycles. The van der Waals surface area contributed by atoms with Gasteiger partial charge in [-0.15, -0.1) is 24.0 Å². The van der Waals surface area contributed by atoms with Crippen molar-refractivity contribution < 1.29 is 19.3 Å². The van der Waals surface area contributed by atoms with Crippen molar-refractivity contribution in [2.75, 3.05) is 40.5 Å². The summed E-state index contributed by atoms with van der Waals surface area (Å²) < 4.78 is 16.4. The fourth-order valence-electron chi connectivity index (χ4n) is 2.93. The molecule has 2 aromatic carbocycles. The van der Waals surface area contributed by atoms with Gasteiger partial charge in [0.25, 0.3) is 0 Å². The number of aliphatic imine (C=N–C) groups is 1. The number of hydrogen-bond donors (Lipinski definition) is 3. The molecule has 0 radical (unpaired) electrons. The Morgan fingerprint density at radius 2 is 1.69 bits per heavy atom. The van der Waals surface area contributed by atoms with Gasteiger partial charge in [0.2, 0.25) is 0 Å². The third-order valence-electron chi connectivity index (χ3n) is 4.64. The van der Waals surface area contributed by atoms with Crippen molar-refractivity contribution in [2.45, 2.75) is 26.6 Å². The molecule has 0 amide bonds. The lowest BCUT2D eigenvalue weighted by Gasteiger charge is -2.17. The lowest BCUT2D eigenvalue weighted by atomic mass is 10.1. The van der Waals surface area contributed by atoms with Gasteiger partial charge in [-0.25, -0.2) is 0 Å². The van der Waals surface area contributed by atoms with Crippen LogP contribution in [0.4, 0.5) is 0 Å². The summed E-state index contributed by atoms with van der Waals surface area (Å²) >= 11 is 0. The Hall–Kier alpha value is -2.04. The molecule has 0 bridgehead atoms. The van der Waals surface area contributed by atoms with Gasteiger partial charge < -0.3 is 30.0 Å². The summed E-state index contributed by atoms with van der Waals surface area (Å²) in [7, 11) is 3.17. The van der Waals surface area contributed by atoms with E-state index in [9.17, 15) is 5.11 Å². The number of aliphatic hydroxyl groups is 1. The predicted octanol–water partition coefficient (Wildman–Crippen LogP) is 3.76. The molecular formula is C24H36IN3O4. The van der Waals surface area contributed by atoms with Crippen molar-refractivity contribution >= 4 is 29.9 Å². The van der Waals surface area contributed by atoms with Gasteiger partial charge in [0, 0.05) is 25.7 Å². The SMILES string of the molecule is CCNC(=NCC(C)COCc1ccccc1)NCC(O)c1cc(OC)cc(OC)c1.I. The number of nitrogens with zero attached hydrogens (tertiary/aromatic N) is 1. The molecule has 8 heteroatoms. The lowest BCUT2D eigenvalue weighted by Crippen LogP contribution is -2.39. The molecule has 0 spiro atoms. The summed E-state index contributed by atoms with van der Waals surface area (Å²) in [4.78, 5) is 4.63. The van der Waals surface area contributed by atoms with Crippen molar-refractivity contribution in [3.63, 3.8) is 0 Å². The highest BCUT2D eigenvalue weighted by Gasteiger charge is 2.12. The molecule has 0 aliphatic rings. The highest BCUT2D eigenvalue weighted by Crippen LogP contribution is 2.26. The minimum atomic E-state index is -0.737. The van der Waals surface area contributed by atoms with E-state index in [0.29, 0.717) is 49.3 Å². The van der Waals surface area contributed by atoms with E-state index in [2.05, 4.69) is 34.7 Å². The maximum absolute atomic E-state index is 10.6. The number of halogens is 1. The first kappa shape index (κ1) is 28.0. The number of methoxy groups -OCH3 is 2. The zero-order valence-electron chi connectivity index (χ0n) is 19.3. The van der Waals surface area contributed by atoms with E-state index in [1.165, 1.54) is 0 Å². The molecule has 2 aromatic rings. The molecule has 7 nitrogen and oxygen atoms in total. The summed E-state index contributed by atoms with van der Waals surface area (Å²) in [6, 6.07) is 15.5. The summed E-state index contributed by atoms with van der Waals surface area (Å²) in [5.41, 5.74) is 1.87. The second-order valence-corrected chi connectivity index (χ2v) is 7.37. The van der Waals surface area contributed by atoms with Gasteiger partial charge in [-0.2, -0.15) is 0 Å². The Labute approximate surface area is 208 Å². The van der Waals surface area contributed by atoms with Gasteiger partial charge in [-0.3, -0.25) is 4.99 Å². The number of benzene rings is 2. The molecule has 0 aliphatic carbocycles. The van der Waals surface area contributed by atoms with Crippen LogP contribution in [-0.4, -0.2) is 51.5 Å². The normalized spacial score (nSPS) is 13.0. The van der Waals surface area contributed by atoms with Crippen molar-refractivity contribution in [3.05, 3.63) is 59.7 Å². The van der Waals surface area contributed by atoms with Gasteiger partial charge in [0.05, 0.1) is 33.5 Å². The van der Waals surface area contributed by atoms with Crippen LogP contribution in [0.1, 0.15) is 31.1 Å². The quantitative estimate of drug-likeness (QED) is 0.210. The number of guanidine groups is 1. The fourth-order valence-corrected chi connectivity index (χ4v) is 2.93. The Balaban J connectivity index is 0.00000512. The molecular weight excluding hydrogens is 521 g/mol. The molecule has 2 unspecified atom stereocenters. The lowest BCUT2D eigenvalue weighted by molar-refractivity contribution is 0.0944. The highest BCUT2D eigenvalue weighted by atomic mass is 127. The third kappa shape index (κ3) is 10.1. The van der Waals surface area contributed by atoms with Crippen LogP contribution in [0.25, 0.3) is 0 Å². The van der Waals surface area contributed by atoms with Gasteiger partial charge in [0.1, 0.15) is 11.5 Å². The Kier molecular flexibility index (Phi) is 13.7. The summed E-state index contributed by atoms with van der Waals surface area (Å²) in [6.07, 6.45) is -0.737. The van der Waals surface area contributed by atoms with Crippen LogP contribution >= 0.6 is 24.0 Å². The standard InChI is InChI=1S/C24H35N3O4.HI/c1-5-25-24(26-14-18(2)16-31-17-19-9-7-6-8-10-19)27-15-23(28)20-11-21(29-3)13-22(12-20)30-4;/h6-13,18,23,28H,5,14-17H2,1-4H3,(H2,25,26,27);1H. The molecule has 32 heavy (non-hydrogen) atoms. The number of hydrogen-bond acceptors (Lipinski definition) is 5. The molecule has 0 heterocycles. The maximum Gasteiger partial charge on any atom is 0.191 e. The summed E-state index contributed by atoms with van der Waals surface area (Å²) in [5, 5.41) is 17.0. The van der Waals surface area contributed by atoms with Gasteiger partial charge in [-0.1, -0.05) is 37.3 Å². The Bertz CT molecular complexity index is 783. The second kappa shape index (κ2) is 15.7. The molecule has 3 N–H and O–H groups in total. The van der Waals surface area contributed by atoms with Gasteiger partial charge in [0.15, 0.2) is 5.96 Å². The average molecular weight is 557 g/mol. The van der Waals surface area contributed by atoms with Gasteiger partial charge >= 0.3 is 0 Å². The molecule has 0 saturated heterocycles. The van der Waals surface area contributed by atoms with E-state index in [0.717, 1.165) is 12.1 Å². The molecule has 2 rings (SSSR count). The van der Waals surface area contributed by atoms with Crippen LogP contribution in [0, 0.1) is 5.92 Å². The van der Waals surface area contributed by atoms with Crippen LogP contribution in [0.5, 0.6) is 11.5 Å². The van der Waals surface area contributed by atoms with Crippen LogP contribution in [0.3, 0.4) is 0 Å². The van der Waals surface area contributed by atoms with Crippen molar-refractivity contribution in [1.82, 2.24) is 10.6 Å². The van der Waals surface area contributed by atoms with Crippen LogP contribution in [0.15, 0.2) is 53.5 Å². The van der Waals surface area contributed by atoms with Crippen LogP contribution in [-0.2, 0) is 11.3 Å². The predicted molar refractivity (Wildman–Crippen MR) is 139 cm³/mol. The molecule has 2 atom stereocenters. The Morgan fingerprint density at radius 3 is 2.28 bits per heavy atom. The number of rotatable bonds is 12. The van der Waals surface area contributed by atoms with E-state index in [4.69, 9.17) is 14.2 Å². The van der Waals surface area contributed by atoms with Gasteiger partial charge in [-0.05, 0) is 36.1 Å². The zero-order chi connectivity index (χ0) is 22.5. The molecule has 0 fully saturated rings. The minimum Gasteiger partial charge on any atom is -0.497 e. The van der Waals surface area contributed by atoms with Crippen molar-refractivity contribution in [3.8, 4) is 11.5 Å². The molecule has 178 valence electrons. The number of aliphatic hydroxyl groups excluding tert-OH is 1. The summed E-state index contributed by atoms with van der Waals surface area (Å²) in [5.74, 6) is 2.20. The number of ether oxygens (including phenoxy) is 3. The second-order valence-electron chi connectivity index (χ2n) is 7.37. The first-order chi connectivity index (χ1) is 15.0.